The Morgan fingerprint density at radius 2 is 2.05 bits per heavy atom. The summed E-state index contributed by atoms with van der Waals surface area (Å²) in [5.41, 5.74) is -1.87. The summed E-state index contributed by atoms with van der Waals surface area (Å²) in [6.07, 6.45) is -3.59. The molecule has 1 fully saturated rings. The number of amides is 1. The van der Waals surface area contributed by atoms with Crippen molar-refractivity contribution in [3.05, 3.63) is 28.8 Å². The van der Waals surface area contributed by atoms with Crippen LogP contribution in [0.15, 0.2) is 18.2 Å². The monoisotopic (exact) mass is 288 g/mol. The van der Waals surface area contributed by atoms with Crippen LogP contribution in [-0.2, 0) is 11.0 Å². The van der Waals surface area contributed by atoms with Gasteiger partial charge in [-0.05, 0) is 31.0 Å². The number of benzene rings is 1. The topological polar surface area (TPSA) is 52.9 Å². The van der Waals surface area contributed by atoms with Gasteiger partial charge in [-0.15, -0.1) is 0 Å². The highest BCUT2D eigenvalue weighted by molar-refractivity contribution is 6.33. The van der Waals surface area contributed by atoms with Gasteiger partial charge in [0.1, 0.15) is 5.41 Å². The van der Waals surface area contributed by atoms with Gasteiger partial charge in [0, 0.05) is 0 Å². The van der Waals surface area contributed by atoms with E-state index in [0.717, 1.165) is 18.2 Å². The highest BCUT2D eigenvalue weighted by Gasteiger charge is 2.50. The zero-order valence-electron chi connectivity index (χ0n) is 9.51. The van der Waals surface area contributed by atoms with Gasteiger partial charge in [0.15, 0.2) is 0 Å². The number of nitrogens with one attached hydrogen (secondary N) is 1. The molecule has 1 aliphatic rings. The summed E-state index contributed by atoms with van der Waals surface area (Å²) >= 11 is 5.70. The SMILES string of the molecule is N#CC1(C(=O)Nc2ccc(C(F)(F)F)cc2Cl)CC1. The summed E-state index contributed by atoms with van der Waals surface area (Å²) in [7, 11) is 0. The molecule has 3 nitrogen and oxygen atoms in total. The lowest BCUT2D eigenvalue weighted by Crippen LogP contribution is -2.23. The van der Waals surface area contributed by atoms with Crippen molar-refractivity contribution in [3.8, 4) is 6.07 Å². The molecule has 0 heterocycles. The number of nitrogens with zero attached hydrogens (tertiary/aromatic N) is 1. The average molecular weight is 289 g/mol. The van der Waals surface area contributed by atoms with Gasteiger partial charge in [-0.3, -0.25) is 4.79 Å². The summed E-state index contributed by atoms with van der Waals surface area (Å²) in [5, 5.41) is 11.0. The van der Waals surface area contributed by atoms with Gasteiger partial charge in [0.05, 0.1) is 22.3 Å². The van der Waals surface area contributed by atoms with Crippen LogP contribution in [0, 0.1) is 16.7 Å². The molecular formula is C12H8ClF3N2O. The number of nitriles is 1. The summed E-state index contributed by atoms with van der Waals surface area (Å²) < 4.78 is 37.3. The van der Waals surface area contributed by atoms with Crippen molar-refractivity contribution >= 4 is 23.2 Å². The first-order valence-electron chi connectivity index (χ1n) is 5.38. The standard InChI is InChI=1S/C12H8ClF3N2O/c13-8-5-7(12(14,15)16)1-2-9(8)18-10(19)11(6-17)3-4-11/h1-2,5H,3-4H2,(H,18,19). The Balaban J connectivity index is 2.19. The maximum Gasteiger partial charge on any atom is 0.416 e. The van der Waals surface area contributed by atoms with E-state index in [1.54, 1.807) is 0 Å². The molecule has 1 aliphatic carbocycles. The van der Waals surface area contributed by atoms with E-state index in [1.165, 1.54) is 0 Å². The number of hydrogen-bond donors (Lipinski definition) is 1. The van der Waals surface area contributed by atoms with Crippen molar-refractivity contribution in [1.82, 2.24) is 0 Å². The van der Waals surface area contributed by atoms with Crippen LogP contribution in [0.25, 0.3) is 0 Å². The quantitative estimate of drug-likeness (QED) is 0.904. The molecule has 0 spiro atoms. The maximum atomic E-state index is 12.4. The molecule has 2 rings (SSSR count). The fourth-order valence-corrected chi connectivity index (χ4v) is 1.78. The second-order valence-corrected chi connectivity index (χ2v) is 4.75. The lowest BCUT2D eigenvalue weighted by atomic mass is 10.1. The fourth-order valence-electron chi connectivity index (χ4n) is 1.55. The van der Waals surface area contributed by atoms with Crippen LogP contribution >= 0.6 is 11.6 Å². The van der Waals surface area contributed by atoms with E-state index in [2.05, 4.69) is 5.32 Å². The first kappa shape index (κ1) is 13.7. The van der Waals surface area contributed by atoms with Crippen molar-refractivity contribution in [2.45, 2.75) is 19.0 Å². The smallest absolute Gasteiger partial charge is 0.323 e. The summed E-state index contributed by atoms with van der Waals surface area (Å²) in [6.45, 7) is 0. The second kappa shape index (κ2) is 4.42. The number of hydrogen-bond acceptors (Lipinski definition) is 2. The highest BCUT2D eigenvalue weighted by atomic mass is 35.5. The Bertz CT molecular complexity index is 573. The Hall–Kier alpha value is -1.74. The number of anilines is 1. The van der Waals surface area contributed by atoms with E-state index in [4.69, 9.17) is 16.9 Å². The van der Waals surface area contributed by atoms with E-state index in [9.17, 15) is 18.0 Å². The van der Waals surface area contributed by atoms with Crippen molar-refractivity contribution < 1.29 is 18.0 Å². The Morgan fingerprint density at radius 1 is 1.42 bits per heavy atom. The molecule has 0 aromatic heterocycles. The zero-order valence-corrected chi connectivity index (χ0v) is 10.3. The Morgan fingerprint density at radius 3 is 2.47 bits per heavy atom. The van der Waals surface area contributed by atoms with E-state index >= 15 is 0 Å². The van der Waals surface area contributed by atoms with Crippen LogP contribution < -0.4 is 5.32 Å². The first-order chi connectivity index (χ1) is 8.78. The van der Waals surface area contributed by atoms with Crippen LogP contribution in [0.4, 0.5) is 18.9 Å². The molecule has 1 saturated carbocycles. The van der Waals surface area contributed by atoms with E-state index in [0.29, 0.717) is 12.8 Å². The predicted octanol–water partition coefficient (Wildman–Crippen LogP) is 3.60. The molecule has 100 valence electrons. The van der Waals surface area contributed by atoms with Gasteiger partial charge in [0.2, 0.25) is 5.91 Å². The van der Waals surface area contributed by atoms with Crippen LogP contribution in [-0.4, -0.2) is 5.91 Å². The second-order valence-electron chi connectivity index (χ2n) is 4.34. The van der Waals surface area contributed by atoms with Crippen molar-refractivity contribution in [1.29, 1.82) is 5.26 Å². The van der Waals surface area contributed by atoms with Crippen molar-refractivity contribution in [3.63, 3.8) is 0 Å². The lowest BCUT2D eigenvalue weighted by Gasteiger charge is -2.12. The predicted molar refractivity (Wildman–Crippen MR) is 62.4 cm³/mol. The molecule has 0 atom stereocenters. The van der Waals surface area contributed by atoms with Gasteiger partial charge < -0.3 is 5.32 Å². The minimum absolute atomic E-state index is 0.0705. The van der Waals surface area contributed by atoms with Gasteiger partial charge in [0.25, 0.3) is 0 Å². The molecule has 0 aliphatic heterocycles. The largest absolute Gasteiger partial charge is 0.416 e. The Kier molecular flexibility index (Phi) is 3.19. The fraction of sp³-hybridized carbons (Fsp3) is 0.333. The number of halogens is 4. The van der Waals surface area contributed by atoms with Gasteiger partial charge >= 0.3 is 6.18 Å². The summed E-state index contributed by atoms with van der Waals surface area (Å²) in [6, 6.07) is 4.54. The maximum absolute atomic E-state index is 12.4. The molecule has 1 amide bonds. The summed E-state index contributed by atoms with van der Waals surface area (Å²) in [4.78, 5) is 11.7. The van der Waals surface area contributed by atoms with Crippen LogP contribution in [0.1, 0.15) is 18.4 Å². The lowest BCUT2D eigenvalue weighted by molar-refractivity contribution is -0.137. The molecule has 0 radical (unpaired) electrons. The molecule has 7 heteroatoms. The average Bonchev–Trinajstić information content (AvgIpc) is 3.11. The first-order valence-corrected chi connectivity index (χ1v) is 5.76. The molecule has 0 bridgehead atoms. The summed E-state index contributed by atoms with van der Waals surface area (Å²) in [5.74, 6) is -0.531. The molecule has 1 N–H and O–H groups in total. The highest BCUT2D eigenvalue weighted by Crippen LogP contribution is 2.46. The molecule has 0 unspecified atom stereocenters. The number of carbonyl (C=O) groups is 1. The van der Waals surface area contributed by atoms with Crippen LogP contribution in [0.3, 0.4) is 0 Å². The number of alkyl halides is 3. The third-order valence-electron chi connectivity index (χ3n) is 2.94. The van der Waals surface area contributed by atoms with Gasteiger partial charge in [-0.1, -0.05) is 11.6 Å². The minimum Gasteiger partial charge on any atom is -0.323 e. The van der Waals surface area contributed by atoms with Crippen molar-refractivity contribution in [2.24, 2.45) is 5.41 Å². The number of rotatable bonds is 2. The molecule has 1 aromatic carbocycles. The normalized spacial score (nSPS) is 16.6. The van der Waals surface area contributed by atoms with E-state index in [1.807, 2.05) is 6.07 Å². The third-order valence-corrected chi connectivity index (χ3v) is 3.26. The van der Waals surface area contributed by atoms with E-state index in [-0.39, 0.29) is 10.7 Å². The van der Waals surface area contributed by atoms with E-state index < -0.39 is 23.1 Å². The third kappa shape index (κ3) is 2.66. The van der Waals surface area contributed by atoms with Gasteiger partial charge in [-0.2, -0.15) is 18.4 Å². The molecule has 0 saturated heterocycles. The Labute approximate surface area is 112 Å². The molecular weight excluding hydrogens is 281 g/mol. The van der Waals surface area contributed by atoms with Gasteiger partial charge in [-0.25, -0.2) is 0 Å². The van der Waals surface area contributed by atoms with Crippen LogP contribution in [0.5, 0.6) is 0 Å². The van der Waals surface area contributed by atoms with Crippen LogP contribution in [0.2, 0.25) is 5.02 Å². The molecule has 1 aromatic rings. The zero-order chi connectivity index (χ0) is 14.3. The number of carbonyl (C=O) groups excluding carboxylic acids is 1. The minimum atomic E-state index is -4.49. The molecule has 19 heavy (non-hydrogen) atoms. The van der Waals surface area contributed by atoms with Crippen molar-refractivity contribution in [2.75, 3.05) is 5.32 Å².